The van der Waals surface area contributed by atoms with Gasteiger partial charge in [0.05, 0.1) is 6.61 Å². The third kappa shape index (κ3) is 7.88. The van der Waals surface area contributed by atoms with E-state index in [1.54, 1.807) is 31.2 Å². The lowest BCUT2D eigenvalue weighted by Crippen LogP contribution is -2.28. The molecule has 36 heavy (non-hydrogen) atoms. The summed E-state index contributed by atoms with van der Waals surface area (Å²) in [5.74, 6) is 0.266. The minimum absolute atomic E-state index is 0.0124. The molecule has 10 heteroatoms. The van der Waals surface area contributed by atoms with Gasteiger partial charge in [0.1, 0.15) is 24.8 Å². The fourth-order valence-electron chi connectivity index (χ4n) is 3.13. The van der Waals surface area contributed by atoms with Crippen LogP contribution in [0.2, 0.25) is 0 Å². The van der Waals surface area contributed by atoms with Crippen LogP contribution in [0.1, 0.15) is 38.6 Å². The lowest BCUT2D eigenvalue weighted by Gasteiger charge is -2.15. The Morgan fingerprint density at radius 3 is 2.47 bits per heavy atom. The number of hydrogen-bond donors (Lipinski definition) is 0. The SMILES string of the molecule is CCCON=C(COc1ccc(CC(OCC)C(=O)OCC)cc1)c1nc(-c2ccc(F)cc2)no1. The summed E-state index contributed by atoms with van der Waals surface area (Å²) in [6.07, 6.45) is 0.501. The number of benzene rings is 2. The van der Waals surface area contributed by atoms with Gasteiger partial charge >= 0.3 is 5.97 Å². The number of carbonyl (C=O) groups excluding carboxylic acids is 1. The van der Waals surface area contributed by atoms with Crippen LogP contribution in [0.25, 0.3) is 11.4 Å². The normalized spacial score (nSPS) is 12.3. The van der Waals surface area contributed by atoms with Crippen LogP contribution in [0.15, 0.2) is 58.2 Å². The first kappa shape index (κ1) is 26.8. The Labute approximate surface area is 209 Å². The van der Waals surface area contributed by atoms with Gasteiger partial charge in [0.25, 0.3) is 5.89 Å². The molecule has 3 aromatic rings. The van der Waals surface area contributed by atoms with Crippen LogP contribution in [0.4, 0.5) is 4.39 Å². The minimum atomic E-state index is -0.663. The predicted octanol–water partition coefficient (Wildman–Crippen LogP) is 4.60. The Morgan fingerprint density at radius 1 is 1.06 bits per heavy atom. The number of nitrogens with zero attached hydrogens (tertiary/aromatic N) is 3. The predicted molar refractivity (Wildman–Crippen MR) is 130 cm³/mol. The molecule has 0 amide bonds. The van der Waals surface area contributed by atoms with Crippen LogP contribution >= 0.6 is 0 Å². The van der Waals surface area contributed by atoms with E-state index in [2.05, 4.69) is 15.3 Å². The Balaban J connectivity index is 1.67. The number of ether oxygens (including phenoxy) is 3. The molecule has 0 N–H and O–H groups in total. The molecule has 9 nitrogen and oxygen atoms in total. The summed E-state index contributed by atoms with van der Waals surface area (Å²) >= 11 is 0. The lowest BCUT2D eigenvalue weighted by molar-refractivity contribution is -0.156. The molecule has 1 atom stereocenters. The largest absolute Gasteiger partial charge is 0.487 e. The molecule has 0 aliphatic heterocycles. The first-order chi connectivity index (χ1) is 17.5. The number of hydrogen-bond acceptors (Lipinski definition) is 9. The van der Waals surface area contributed by atoms with E-state index in [1.807, 2.05) is 26.0 Å². The molecule has 0 bridgehead atoms. The molecule has 1 unspecified atom stereocenters. The van der Waals surface area contributed by atoms with Crippen molar-refractivity contribution in [1.82, 2.24) is 10.1 Å². The topological polar surface area (TPSA) is 105 Å². The van der Waals surface area contributed by atoms with Crippen LogP contribution < -0.4 is 4.74 Å². The summed E-state index contributed by atoms with van der Waals surface area (Å²) in [6, 6.07) is 13.0. The fourth-order valence-corrected chi connectivity index (χ4v) is 3.13. The maximum absolute atomic E-state index is 13.2. The van der Waals surface area contributed by atoms with Crippen molar-refractivity contribution in [2.45, 2.75) is 39.7 Å². The molecule has 3 rings (SSSR count). The molecule has 2 aromatic carbocycles. The maximum atomic E-state index is 13.2. The second kappa shape index (κ2) is 13.9. The number of oxime groups is 1. The molecule has 0 radical (unpaired) electrons. The summed E-state index contributed by atoms with van der Waals surface area (Å²) < 4.78 is 35.0. The molecule has 0 spiro atoms. The molecular weight excluding hydrogens is 469 g/mol. The summed E-state index contributed by atoms with van der Waals surface area (Å²) in [5, 5.41) is 8.05. The van der Waals surface area contributed by atoms with Gasteiger partial charge in [-0.2, -0.15) is 4.98 Å². The number of aromatic nitrogens is 2. The number of halogens is 1. The number of rotatable bonds is 14. The number of carbonyl (C=O) groups is 1. The third-order valence-corrected chi connectivity index (χ3v) is 4.88. The molecule has 0 aliphatic carbocycles. The van der Waals surface area contributed by atoms with E-state index in [1.165, 1.54) is 12.1 Å². The van der Waals surface area contributed by atoms with Crippen molar-refractivity contribution >= 4 is 11.7 Å². The second-order valence-corrected chi connectivity index (χ2v) is 7.63. The van der Waals surface area contributed by atoms with Crippen molar-refractivity contribution in [2.75, 3.05) is 26.4 Å². The van der Waals surface area contributed by atoms with Crippen molar-refractivity contribution in [1.29, 1.82) is 0 Å². The lowest BCUT2D eigenvalue weighted by atomic mass is 10.1. The molecule has 0 saturated heterocycles. The summed E-state index contributed by atoms with van der Waals surface area (Å²) in [5.41, 5.74) is 1.81. The average Bonchev–Trinajstić information content (AvgIpc) is 3.37. The van der Waals surface area contributed by atoms with Gasteiger partial charge in [0.2, 0.25) is 5.82 Å². The zero-order valence-electron chi connectivity index (χ0n) is 20.6. The van der Waals surface area contributed by atoms with Gasteiger partial charge in [-0.3, -0.25) is 0 Å². The molecular formula is C26H30FN3O6. The van der Waals surface area contributed by atoms with Gasteiger partial charge in [-0.05, 0) is 62.2 Å². The quantitative estimate of drug-likeness (QED) is 0.137. The van der Waals surface area contributed by atoms with Gasteiger partial charge in [-0.15, -0.1) is 0 Å². The third-order valence-electron chi connectivity index (χ3n) is 4.88. The summed E-state index contributed by atoms with van der Waals surface area (Å²) in [4.78, 5) is 21.8. The first-order valence-electron chi connectivity index (χ1n) is 11.8. The van der Waals surface area contributed by atoms with Gasteiger partial charge < -0.3 is 23.6 Å². The monoisotopic (exact) mass is 499 g/mol. The standard InChI is InChI=1S/C26H30FN3O6/c1-4-15-35-29-22(25-28-24(30-36-25)19-9-11-20(27)12-10-19)17-34-21-13-7-18(8-14-21)16-23(32-5-2)26(31)33-6-3/h7-14,23H,4-6,15-17H2,1-3H3. The Hall–Kier alpha value is -3.79. The zero-order valence-corrected chi connectivity index (χ0v) is 20.6. The summed E-state index contributed by atoms with van der Waals surface area (Å²) in [6.45, 7) is 6.69. The highest BCUT2D eigenvalue weighted by Gasteiger charge is 2.21. The fraction of sp³-hybridized carbons (Fsp3) is 0.385. The highest BCUT2D eigenvalue weighted by atomic mass is 19.1. The van der Waals surface area contributed by atoms with Crippen molar-refractivity contribution in [3.8, 4) is 17.1 Å². The van der Waals surface area contributed by atoms with E-state index < -0.39 is 6.10 Å². The van der Waals surface area contributed by atoms with E-state index >= 15 is 0 Å². The van der Waals surface area contributed by atoms with Crippen LogP contribution in [0, 0.1) is 5.82 Å². The zero-order chi connectivity index (χ0) is 25.8. The molecule has 0 fully saturated rings. The van der Waals surface area contributed by atoms with Gasteiger partial charge in [0, 0.05) is 18.6 Å². The van der Waals surface area contributed by atoms with E-state index in [4.69, 9.17) is 23.6 Å². The minimum Gasteiger partial charge on any atom is -0.487 e. The molecule has 0 aliphatic rings. The van der Waals surface area contributed by atoms with Gasteiger partial charge in [-0.1, -0.05) is 29.4 Å². The highest BCUT2D eigenvalue weighted by Crippen LogP contribution is 2.18. The summed E-state index contributed by atoms with van der Waals surface area (Å²) in [7, 11) is 0. The van der Waals surface area contributed by atoms with E-state index in [0.717, 1.165) is 12.0 Å². The Morgan fingerprint density at radius 2 is 1.81 bits per heavy atom. The van der Waals surface area contributed by atoms with Crippen LogP contribution in [-0.2, 0) is 25.5 Å². The van der Waals surface area contributed by atoms with Crippen molar-refractivity contribution < 1.29 is 32.8 Å². The van der Waals surface area contributed by atoms with Gasteiger partial charge in [0.15, 0.2) is 11.8 Å². The molecule has 192 valence electrons. The van der Waals surface area contributed by atoms with Crippen molar-refractivity contribution in [2.24, 2.45) is 5.16 Å². The molecule has 1 aromatic heterocycles. The second-order valence-electron chi connectivity index (χ2n) is 7.63. The average molecular weight is 500 g/mol. The Kier molecular flexibility index (Phi) is 10.4. The van der Waals surface area contributed by atoms with Gasteiger partial charge in [-0.25, -0.2) is 9.18 Å². The van der Waals surface area contributed by atoms with Crippen LogP contribution in [0.5, 0.6) is 5.75 Å². The first-order valence-corrected chi connectivity index (χ1v) is 11.8. The number of esters is 1. The molecule has 0 saturated carbocycles. The van der Waals surface area contributed by atoms with E-state index in [0.29, 0.717) is 49.1 Å². The Bertz CT molecular complexity index is 1120. The van der Waals surface area contributed by atoms with E-state index in [-0.39, 0.29) is 24.3 Å². The van der Waals surface area contributed by atoms with Crippen molar-refractivity contribution in [3.63, 3.8) is 0 Å². The smallest absolute Gasteiger partial charge is 0.335 e. The maximum Gasteiger partial charge on any atom is 0.335 e. The van der Waals surface area contributed by atoms with Crippen molar-refractivity contribution in [3.05, 3.63) is 65.8 Å². The van der Waals surface area contributed by atoms with Crippen LogP contribution in [0.3, 0.4) is 0 Å². The van der Waals surface area contributed by atoms with Crippen LogP contribution in [-0.4, -0.2) is 54.4 Å². The van der Waals surface area contributed by atoms with E-state index in [9.17, 15) is 9.18 Å². The highest BCUT2D eigenvalue weighted by molar-refractivity contribution is 5.97. The molecule has 1 heterocycles.